The van der Waals surface area contributed by atoms with E-state index in [9.17, 15) is 19.7 Å². The molecular weight excluding hydrogens is 384 g/mol. The summed E-state index contributed by atoms with van der Waals surface area (Å²) in [6.45, 7) is 2.40. The maximum Gasteiger partial charge on any atom is 0.288 e. The Morgan fingerprint density at radius 3 is 2.39 bits per heavy atom. The minimum absolute atomic E-state index is 0.0473. The molecule has 0 radical (unpaired) electrons. The van der Waals surface area contributed by atoms with Crippen molar-refractivity contribution in [1.82, 2.24) is 10.2 Å². The summed E-state index contributed by atoms with van der Waals surface area (Å²) in [7, 11) is 0. The van der Waals surface area contributed by atoms with Gasteiger partial charge < -0.3 is 15.1 Å². The van der Waals surface area contributed by atoms with Crippen molar-refractivity contribution in [2.45, 2.75) is 0 Å². The zero-order valence-electron chi connectivity index (χ0n) is 15.0. The zero-order valence-corrected chi connectivity index (χ0v) is 15.8. The fourth-order valence-corrected chi connectivity index (χ4v) is 3.20. The van der Waals surface area contributed by atoms with Crippen LogP contribution in [0.25, 0.3) is 0 Å². The third-order valence-corrected chi connectivity index (χ3v) is 4.88. The van der Waals surface area contributed by atoms with Gasteiger partial charge in [0.2, 0.25) is 5.91 Å². The van der Waals surface area contributed by atoms with Gasteiger partial charge in [-0.3, -0.25) is 19.7 Å². The lowest BCUT2D eigenvalue weighted by Gasteiger charge is -2.36. The number of nitrogens with zero attached hydrogens (tertiary/aromatic N) is 3. The van der Waals surface area contributed by atoms with Crippen LogP contribution in [0.1, 0.15) is 10.4 Å². The zero-order chi connectivity index (χ0) is 20.1. The highest BCUT2D eigenvalue weighted by Crippen LogP contribution is 2.25. The monoisotopic (exact) mass is 402 g/mol. The highest BCUT2D eigenvalue weighted by Gasteiger charge is 2.22. The lowest BCUT2D eigenvalue weighted by atomic mass is 10.2. The van der Waals surface area contributed by atoms with Crippen molar-refractivity contribution in [3.8, 4) is 0 Å². The normalized spacial score (nSPS) is 13.9. The van der Waals surface area contributed by atoms with E-state index < -0.39 is 10.8 Å². The van der Waals surface area contributed by atoms with Crippen LogP contribution in [0.2, 0.25) is 5.02 Å². The van der Waals surface area contributed by atoms with Gasteiger partial charge in [-0.2, -0.15) is 0 Å². The third-order valence-electron chi connectivity index (χ3n) is 4.56. The summed E-state index contributed by atoms with van der Waals surface area (Å²) in [5.41, 5.74) is 0.850. The minimum Gasteiger partial charge on any atom is -0.368 e. The van der Waals surface area contributed by atoms with Gasteiger partial charge in [0, 0.05) is 43.5 Å². The molecule has 2 amide bonds. The van der Waals surface area contributed by atoms with E-state index in [1.54, 1.807) is 4.90 Å². The van der Waals surface area contributed by atoms with Gasteiger partial charge in [-0.25, -0.2) is 0 Å². The molecule has 0 saturated carbocycles. The average Bonchev–Trinajstić information content (AvgIpc) is 2.72. The Hall–Kier alpha value is -3.13. The Morgan fingerprint density at radius 2 is 1.75 bits per heavy atom. The molecule has 0 aromatic heterocycles. The molecule has 1 heterocycles. The lowest BCUT2D eigenvalue weighted by Crippen LogP contribution is -2.51. The molecule has 0 atom stereocenters. The van der Waals surface area contributed by atoms with Crippen LogP contribution >= 0.6 is 11.6 Å². The highest BCUT2D eigenvalue weighted by atomic mass is 35.5. The van der Waals surface area contributed by atoms with Crippen molar-refractivity contribution in [3.05, 3.63) is 69.2 Å². The summed E-state index contributed by atoms with van der Waals surface area (Å²) in [5.74, 6) is -0.749. The van der Waals surface area contributed by atoms with Gasteiger partial charge in [0.05, 0.1) is 11.5 Å². The van der Waals surface area contributed by atoms with Crippen molar-refractivity contribution in [1.29, 1.82) is 0 Å². The van der Waals surface area contributed by atoms with Crippen LogP contribution in [0.15, 0.2) is 48.5 Å². The molecule has 1 N–H and O–H groups in total. The largest absolute Gasteiger partial charge is 0.368 e. The van der Waals surface area contributed by atoms with Gasteiger partial charge in [-0.15, -0.1) is 0 Å². The van der Waals surface area contributed by atoms with Crippen molar-refractivity contribution < 1.29 is 14.5 Å². The van der Waals surface area contributed by atoms with E-state index in [4.69, 9.17) is 11.6 Å². The summed E-state index contributed by atoms with van der Waals surface area (Å²) in [6, 6.07) is 13.7. The van der Waals surface area contributed by atoms with E-state index in [2.05, 4.69) is 10.2 Å². The van der Waals surface area contributed by atoms with Gasteiger partial charge in [0.1, 0.15) is 5.02 Å². The highest BCUT2D eigenvalue weighted by molar-refractivity contribution is 6.32. The maximum absolute atomic E-state index is 12.4. The van der Waals surface area contributed by atoms with Gasteiger partial charge in [0.15, 0.2) is 0 Å². The summed E-state index contributed by atoms with van der Waals surface area (Å²) < 4.78 is 0. The molecule has 2 aromatic carbocycles. The molecule has 9 heteroatoms. The number of hydrogen-bond donors (Lipinski definition) is 1. The quantitative estimate of drug-likeness (QED) is 0.611. The van der Waals surface area contributed by atoms with Crippen LogP contribution < -0.4 is 10.2 Å². The van der Waals surface area contributed by atoms with Crippen LogP contribution in [0.4, 0.5) is 11.4 Å². The standard InChI is InChI=1S/C19H19ClN4O4/c20-16-7-6-14(12-17(16)24(27)28)19(26)21-13-18(25)23-10-8-22(9-11-23)15-4-2-1-3-5-15/h1-7,12H,8-11,13H2,(H,21,26). The van der Waals surface area contributed by atoms with Crippen LogP contribution in [0.5, 0.6) is 0 Å². The Kier molecular flexibility index (Phi) is 6.10. The van der Waals surface area contributed by atoms with Crippen LogP contribution in [0, 0.1) is 10.1 Å². The molecule has 0 aliphatic carbocycles. The van der Waals surface area contributed by atoms with Crippen LogP contribution in [-0.4, -0.2) is 54.4 Å². The molecule has 1 aliphatic rings. The first kappa shape index (κ1) is 19.6. The first-order chi connectivity index (χ1) is 13.5. The van der Waals surface area contributed by atoms with E-state index in [0.29, 0.717) is 26.2 Å². The molecule has 1 aliphatic heterocycles. The van der Waals surface area contributed by atoms with E-state index >= 15 is 0 Å². The predicted octanol–water partition coefficient (Wildman–Crippen LogP) is 2.33. The molecule has 1 fully saturated rings. The number of piperazine rings is 1. The Bertz CT molecular complexity index is 883. The van der Waals surface area contributed by atoms with E-state index in [0.717, 1.165) is 11.8 Å². The topological polar surface area (TPSA) is 95.8 Å². The molecule has 1 saturated heterocycles. The lowest BCUT2D eigenvalue weighted by molar-refractivity contribution is -0.384. The number of para-hydroxylation sites is 1. The second-order valence-electron chi connectivity index (χ2n) is 6.31. The van der Waals surface area contributed by atoms with Crippen molar-refractivity contribution in [2.24, 2.45) is 0 Å². The number of benzene rings is 2. The van der Waals surface area contributed by atoms with Gasteiger partial charge >= 0.3 is 0 Å². The third kappa shape index (κ3) is 4.58. The molecule has 0 unspecified atom stereocenters. The van der Waals surface area contributed by atoms with Crippen molar-refractivity contribution in [3.63, 3.8) is 0 Å². The Labute approximate surface area is 166 Å². The summed E-state index contributed by atoms with van der Waals surface area (Å²) >= 11 is 5.74. The SMILES string of the molecule is O=C(NCC(=O)N1CCN(c2ccccc2)CC1)c1ccc(Cl)c([N+](=O)[O-])c1. The smallest absolute Gasteiger partial charge is 0.288 e. The number of amides is 2. The molecule has 8 nitrogen and oxygen atoms in total. The fourth-order valence-electron chi connectivity index (χ4n) is 3.02. The fraction of sp³-hybridized carbons (Fsp3) is 0.263. The minimum atomic E-state index is -0.656. The summed E-state index contributed by atoms with van der Waals surface area (Å²) in [4.78, 5) is 38.7. The van der Waals surface area contributed by atoms with E-state index in [1.807, 2.05) is 30.3 Å². The number of carbonyl (C=O) groups excluding carboxylic acids is 2. The maximum atomic E-state index is 12.4. The molecule has 28 heavy (non-hydrogen) atoms. The van der Waals surface area contributed by atoms with Gasteiger partial charge in [-0.1, -0.05) is 29.8 Å². The Balaban J connectivity index is 1.51. The number of carbonyl (C=O) groups is 2. The summed E-state index contributed by atoms with van der Waals surface area (Å²) in [6.07, 6.45) is 0. The Morgan fingerprint density at radius 1 is 1.07 bits per heavy atom. The van der Waals surface area contributed by atoms with E-state index in [-0.39, 0.29) is 28.7 Å². The van der Waals surface area contributed by atoms with Gasteiger partial charge in [-0.05, 0) is 24.3 Å². The number of nitrogens with one attached hydrogen (secondary N) is 1. The average molecular weight is 403 g/mol. The molecular formula is C19H19ClN4O4. The second kappa shape index (κ2) is 8.71. The number of nitro benzene ring substituents is 1. The molecule has 0 bridgehead atoms. The van der Waals surface area contributed by atoms with E-state index in [1.165, 1.54) is 12.1 Å². The second-order valence-corrected chi connectivity index (χ2v) is 6.72. The predicted molar refractivity (Wildman–Crippen MR) is 106 cm³/mol. The number of halogens is 1. The molecule has 2 aromatic rings. The number of rotatable bonds is 5. The van der Waals surface area contributed by atoms with Crippen LogP contribution in [-0.2, 0) is 4.79 Å². The van der Waals surface area contributed by atoms with Crippen molar-refractivity contribution >= 4 is 34.8 Å². The number of nitro groups is 1. The first-order valence-electron chi connectivity index (χ1n) is 8.75. The first-order valence-corrected chi connectivity index (χ1v) is 9.13. The number of hydrogen-bond acceptors (Lipinski definition) is 5. The van der Waals surface area contributed by atoms with Crippen molar-refractivity contribution in [2.75, 3.05) is 37.6 Å². The molecule has 146 valence electrons. The summed E-state index contributed by atoms with van der Waals surface area (Å²) in [5, 5.41) is 13.4. The van der Waals surface area contributed by atoms with Crippen LogP contribution in [0.3, 0.4) is 0 Å². The van der Waals surface area contributed by atoms with Gasteiger partial charge in [0.25, 0.3) is 11.6 Å². The molecule has 0 spiro atoms. The molecule has 3 rings (SSSR count). The number of anilines is 1.